The summed E-state index contributed by atoms with van der Waals surface area (Å²) in [5.74, 6) is 3.43. The van der Waals surface area contributed by atoms with E-state index in [1.54, 1.807) is 58.8 Å². The van der Waals surface area contributed by atoms with Crippen LogP contribution in [0.15, 0.2) is 156 Å². The number of aliphatic hydroxyl groups is 2. The number of rotatable bonds is 15. The van der Waals surface area contributed by atoms with E-state index in [9.17, 15) is 18.9 Å². The average molecular weight is 1840 g/mol. The van der Waals surface area contributed by atoms with Gasteiger partial charge in [0.05, 0.1) is 117 Å². The Bertz CT molecular complexity index is 3750. The number of methoxy groups -OCH3 is 8. The van der Waals surface area contributed by atoms with Gasteiger partial charge in [-0.05, 0) is 156 Å². The normalized spacial score (nSPS) is 11.0. The number of benzene rings is 6. The van der Waals surface area contributed by atoms with Crippen molar-refractivity contribution >= 4 is 155 Å². The summed E-state index contributed by atoms with van der Waals surface area (Å²) in [6.45, 7) is 5.94. The number of thioether (sulfide) groups is 1. The van der Waals surface area contributed by atoms with Gasteiger partial charge in [0.15, 0.2) is 16.0 Å². The minimum atomic E-state index is -4.67. The van der Waals surface area contributed by atoms with E-state index in [0.717, 1.165) is 93.2 Å². The highest BCUT2D eigenvalue weighted by molar-refractivity contribution is 9.11. The lowest BCUT2D eigenvalue weighted by atomic mass is 10.2. The molecular weight excluding hydrogens is 1770 g/mol. The number of carbonyl (C=O) groups excluding carboxylic acids is 2. The number of carboxylic acid groups (broad SMARTS) is 1. The Morgan fingerprint density at radius 1 is 0.640 bits per heavy atom. The van der Waals surface area contributed by atoms with Crippen LogP contribution in [0.1, 0.15) is 43.0 Å². The molecule has 1 atom stereocenters. The lowest BCUT2D eigenvalue weighted by Crippen LogP contribution is -2.33. The number of para-hydroxylation sites is 6. The van der Waals surface area contributed by atoms with Crippen molar-refractivity contribution in [3.63, 3.8) is 0 Å². The van der Waals surface area contributed by atoms with Gasteiger partial charge in [-0.25, -0.2) is 14.4 Å². The van der Waals surface area contributed by atoms with Gasteiger partial charge < -0.3 is 69.6 Å². The fourth-order valence-electron chi connectivity index (χ4n) is 7.29. The third kappa shape index (κ3) is 37.6. The Labute approximate surface area is 634 Å². The predicted molar refractivity (Wildman–Crippen MR) is 406 cm³/mol. The number of aliphatic imine (C=N–C) groups is 2. The summed E-state index contributed by atoms with van der Waals surface area (Å²) < 4.78 is 86.2. The molecule has 0 aromatic heterocycles. The van der Waals surface area contributed by atoms with Crippen LogP contribution in [-0.4, -0.2) is 170 Å². The molecule has 1 amide bonds. The van der Waals surface area contributed by atoms with Gasteiger partial charge in [-0.15, -0.1) is 0 Å². The number of ether oxygens (including phenoxy) is 8. The first-order valence-corrected chi connectivity index (χ1v) is 36.8. The molecule has 2 aliphatic rings. The van der Waals surface area contributed by atoms with Crippen molar-refractivity contribution in [3.05, 3.63) is 190 Å². The number of esters is 1. The molecule has 0 fully saturated rings. The highest BCUT2D eigenvalue weighted by Crippen LogP contribution is 2.33. The number of hydrogen-bond acceptors (Lipinski definition) is 23. The first-order valence-electron chi connectivity index (χ1n) is 27.7. The van der Waals surface area contributed by atoms with E-state index in [1.807, 2.05) is 79.1 Å². The van der Waals surface area contributed by atoms with E-state index in [0.29, 0.717) is 60.0 Å². The molecule has 0 aliphatic carbocycles. The van der Waals surface area contributed by atoms with Gasteiger partial charge in [-0.2, -0.15) is 8.42 Å². The zero-order valence-corrected chi connectivity index (χ0v) is 67.7. The lowest BCUT2D eigenvalue weighted by molar-refractivity contribution is 0.0595. The molecule has 31 nitrogen and oxygen atoms in total. The summed E-state index contributed by atoms with van der Waals surface area (Å²) >= 11 is 21.4. The maximum atomic E-state index is 11.2. The molecule has 0 bridgehead atoms. The number of nitrogens with two attached hydrogens (primary N) is 1. The van der Waals surface area contributed by atoms with Gasteiger partial charge in [0.25, 0.3) is 0 Å². The van der Waals surface area contributed by atoms with Crippen molar-refractivity contribution in [1.82, 2.24) is 15.5 Å². The van der Waals surface area contributed by atoms with Crippen molar-refractivity contribution in [2.24, 2.45) is 25.7 Å². The summed E-state index contributed by atoms with van der Waals surface area (Å²) in [7, 11) is 6.82. The molecule has 100 heavy (non-hydrogen) atoms. The minimum absolute atomic E-state index is 0.00259. The maximum absolute atomic E-state index is 11.2. The molecule has 0 radical (unpaired) electrons. The Kier molecular flexibility index (Phi) is 52.9. The molecule has 2 heterocycles. The SMILES string of the molecule is CO.COC(=O)N1CCN=C1SC.COC(=O)c1cccc(Br)c1OC.COc1c(Br)cccc1C(=O)O.COc1c(Br)cccc1CN.COc1c(Br)cccc1CN=[N+]=[N-].COc1c(Br)cccc1CNC1=NCCN1.COc1c(Br)cccc1CO.C[P+](=O)N=[N+]=[N-].O=S(=O)(O)O. The highest BCUT2D eigenvalue weighted by Gasteiger charge is 2.23. The van der Waals surface area contributed by atoms with Crippen LogP contribution in [0, 0.1) is 0 Å². The van der Waals surface area contributed by atoms with Crippen LogP contribution >= 0.6 is 115 Å². The van der Waals surface area contributed by atoms with Crippen molar-refractivity contribution in [2.45, 2.75) is 26.2 Å². The van der Waals surface area contributed by atoms with Crippen LogP contribution in [-0.2, 0) is 50.7 Å². The molecule has 6 aromatic rings. The van der Waals surface area contributed by atoms with E-state index in [-0.39, 0.29) is 18.3 Å². The third-order valence-corrected chi connectivity index (χ3v) is 16.1. The van der Waals surface area contributed by atoms with Crippen LogP contribution in [0.2, 0.25) is 0 Å². The Hall–Kier alpha value is -7.03. The fourth-order valence-corrected chi connectivity index (χ4v) is 11.3. The number of guanidine groups is 1. The van der Waals surface area contributed by atoms with E-state index in [2.05, 4.69) is 145 Å². The van der Waals surface area contributed by atoms with Gasteiger partial charge in [-0.1, -0.05) is 82.1 Å². The van der Waals surface area contributed by atoms with Crippen LogP contribution in [0.4, 0.5) is 4.79 Å². The molecule has 40 heteroatoms. The van der Waals surface area contributed by atoms with Gasteiger partial charge in [0.1, 0.15) is 52.3 Å². The number of carbonyl (C=O) groups is 3. The maximum Gasteiger partial charge on any atom is 0.458 e. The van der Waals surface area contributed by atoms with Gasteiger partial charge >= 0.3 is 36.4 Å². The molecule has 0 saturated carbocycles. The van der Waals surface area contributed by atoms with Crippen LogP contribution < -0.4 is 44.8 Å². The van der Waals surface area contributed by atoms with Crippen molar-refractivity contribution < 1.29 is 89.7 Å². The van der Waals surface area contributed by atoms with Crippen molar-refractivity contribution in [1.29, 1.82) is 0 Å². The fraction of sp³-hybridized carbons (Fsp3) is 0.317. The molecular formula is C60H76Br6N12O19PS2+. The first kappa shape index (κ1) is 95.0. The van der Waals surface area contributed by atoms with E-state index < -0.39 is 30.3 Å². The second-order valence-electron chi connectivity index (χ2n) is 17.5. The molecule has 0 spiro atoms. The molecule has 8 rings (SSSR count). The number of aliphatic hydroxyl groups excluding tert-OH is 2. The molecule has 0 saturated heterocycles. The molecule has 548 valence electrons. The number of aromatic carboxylic acids is 1. The van der Waals surface area contributed by atoms with Gasteiger partial charge in [-0.3, -0.25) is 24.0 Å². The second-order valence-corrected chi connectivity index (χ2v) is 25.4. The lowest BCUT2D eigenvalue weighted by Gasteiger charge is -2.13. The van der Waals surface area contributed by atoms with Crippen molar-refractivity contribution in [2.75, 3.05) is 103 Å². The number of nitrogens with one attached hydrogen (secondary N) is 2. The number of nitrogens with zero attached hydrogens (tertiary/aromatic N) is 9. The predicted octanol–water partition coefficient (Wildman–Crippen LogP) is 14.5. The van der Waals surface area contributed by atoms with Gasteiger partial charge in [0, 0.05) is 64.4 Å². The Morgan fingerprint density at radius 3 is 1.38 bits per heavy atom. The largest absolute Gasteiger partial charge is 0.495 e. The number of hydrogen-bond donors (Lipinski definition) is 8. The molecule has 6 aromatic carbocycles. The molecule has 2 aliphatic heterocycles. The number of amidine groups is 1. The summed E-state index contributed by atoms with van der Waals surface area (Å²) in [4.78, 5) is 50.5. The van der Waals surface area contributed by atoms with Gasteiger partial charge in [0.2, 0.25) is 0 Å². The number of azide groups is 2. The monoisotopic (exact) mass is 1840 g/mol. The van der Waals surface area contributed by atoms with Crippen LogP contribution in [0.25, 0.3) is 20.9 Å². The number of carboxylic acids is 1. The number of halogens is 6. The summed E-state index contributed by atoms with van der Waals surface area (Å²) in [5.41, 5.74) is 25.5. The summed E-state index contributed by atoms with van der Waals surface area (Å²) in [6.07, 6.45) is 1.57. The van der Waals surface area contributed by atoms with Crippen LogP contribution in [0.5, 0.6) is 34.5 Å². The van der Waals surface area contributed by atoms with Crippen molar-refractivity contribution in [3.8, 4) is 34.5 Å². The molecule has 1 unspecified atom stereocenters. The highest BCUT2D eigenvalue weighted by atomic mass is 79.9. The van der Waals surface area contributed by atoms with E-state index in [4.69, 9.17) is 78.1 Å². The zero-order valence-electron chi connectivity index (χ0n) is 55.6. The molecule has 9 N–H and O–H groups in total. The van der Waals surface area contributed by atoms with E-state index in [1.165, 1.54) is 57.8 Å². The van der Waals surface area contributed by atoms with Crippen LogP contribution in [0.3, 0.4) is 0 Å². The quantitative estimate of drug-likeness (QED) is 0.0118. The second kappa shape index (κ2) is 55.6. The summed E-state index contributed by atoms with van der Waals surface area (Å²) in [6, 6.07) is 33.0. The Balaban J connectivity index is 0. The first-order chi connectivity index (χ1) is 47.6. The number of amides is 1. The topological polar surface area (TPSA) is 453 Å². The average Bonchev–Trinajstić information content (AvgIpc) is 1.20. The Morgan fingerprint density at radius 2 is 1.04 bits per heavy atom. The summed E-state index contributed by atoms with van der Waals surface area (Å²) in [5, 5.41) is 35.2. The zero-order chi connectivity index (χ0) is 76.3. The third-order valence-electron chi connectivity index (χ3n) is 11.3. The van der Waals surface area contributed by atoms with E-state index >= 15 is 0 Å². The standard InChI is InChI=1S/C11H14BrN3O.C9H9BrO3.C8H8BrN3O.C8H10BrNO.C8H7BrO3.C8H9BrO2.C6H10N2O2S.CH3N3OP.CH4O.H2O4S/c1-16-10-8(3-2-4-9(10)12)7-15-11-13-5-6-14-11;1-12-8-6(9(11)13-2)4-3-5-7(8)10;1-13-8-6(5-11-12-10)3-2-4-7(8)9;1-11-8-6(5-10)3-2-4-7(8)9;1-12-7-5(8(10)11)3-2-4-6(7)9;1-11-8-6(5-10)3-2-4-7(8)9;1-10-6(9)8-4-3-7-5(8)11-2;1-6(5)4-3-2;1-2;1-5(2,3)4/h2-4H,5-7H2,1H3,(H2,13,14,15);3-5H,1-2H3;2-4H,5H2,1H3;2-4H,5,10H2,1H3;2-4H,1H3,(H,10,11);2-4,10H,5H2,1H3;3-4H2,1-2H3;1H3;2H,1H3;(H2,1,2,3,4)/q;;;;;;;+1;;. The smallest absolute Gasteiger partial charge is 0.458 e. The minimum Gasteiger partial charge on any atom is -0.495 e.